The van der Waals surface area contributed by atoms with Crippen molar-refractivity contribution < 1.29 is 9.94 Å². The lowest BCUT2D eigenvalue weighted by molar-refractivity contribution is -0.163. The van der Waals surface area contributed by atoms with Crippen LogP contribution in [0.15, 0.2) is 0 Å². The summed E-state index contributed by atoms with van der Waals surface area (Å²) in [6, 6.07) is 0. The molecular formula is C6H13NO2. The first kappa shape index (κ1) is 6.99. The predicted octanol–water partition coefficient (Wildman–Crippen LogP) is 0.00450. The highest BCUT2D eigenvalue weighted by atomic mass is 16.7. The van der Waals surface area contributed by atoms with Crippen molar-refractivity contribution in [3.05, 3.63) is 0 Å². The fourth-order valence-corrected chi connectivity index (χ4v) is 1.09. The second-order valence-electron chi connectivity index (χ2n) is 2.37. The van der Waals surface area contributed by atoms with E-state index in [4.69, 9.17) is 9.94 Å². The molecule has 0 radical (unpaired) electrons. The zero-order valence-corrected chi connectivity index (χ0v) is 5.71. The van der Waals surface area contributed by atoms with Crippen molar-refractivity contribution in [3.8, 4) is 0 Å². The van der Waals surface area contributed by atoms with Crippen molar-refractivity contribution >= 4 is 0 Å². The summed E-state index contributed by atoms with van der Waals surface area (Å²) < 4.78 is 0. The number of rotatable bonds is 1. The molecule has 0 saturated carbocycles. The van der Waals surface area contributed by atoms with Crippen molar-refractivity contribution in [3.63, 3.8) is 0 Å². The molecule has 0 aromatic heterocycles. The van der Waals surface area contributed by atoms with Gasteiger partial charge in [-0.2, -0.15) is 5.06 Å². The SMILES string of the molecule is CON1CCCC(O)C1. The zero-order valence-electron chi connectivity index (χ0n) is 5.71. The number of aliphatic hydroxyl groups excluding tert-OH is 1. The third kappa shape index (κ3) is 1.93. The van der Waals surface area contributed by atoms with Gasteiger partial charge >= 0.3 is 0 Å². The minimum absolute atomic E-state index is 0.182. The van der Waals surface area contributed by atoms with Gasteiger partial charge in [-0.25, -0.2) is 0 Å². The molecule has 1 aliphatic rings. The van der Waals surface area contributed by atoms with E-state index < -0.39 is 0 Å². The van der Waals surface area contributed by atoms with E-state index in [0.717, 1.165) is 19.4 Å². The first-order valence-electron chi connectivity index (χ1n) is 3.30. The number of hydroxylamine groups is 2. The van der Waals surface area contributed by atoms with E-state index in [-0.39, 0.29) is 6.10 Å². The summed E-state index contributed by atoms with van der Waals surface area (Å²) in [6.45, 7) is 1.62. The van der Waals surface area contributed by atoms with E-state index in [0.29, 0.717) is 6.54 Å². The maximum atomic E-state index is 9.09. The molecule has 1 atom stereocenters. The number of β-amino-alcohol motifs (C(OH)–C–C–N with tert-alkyl or cyclic N) is 1. The standard InChI is InChI=1S/C6H13NO2/c1-9-7-4-2-3-6(8)5-7/h6,8H,2-5H2,1H3. The highest BCUT2D eigenvalue weighted by Crippen LogP contribution is 2.08. The van der Waals surface area contributed by atoms with Crippen molar-refractivity contribution in [2.75, 3.05) is 20.2 Å². The second-order valence-corrected chi connectivity index (χ2v) is 2.37. The summed E-state index contributed by atoms with van der Waals surface area (Å²) in [5.41, 5.74) is 0. The van der Waals surface area contributed by atoms with Crippen molar-refractivity contribution in [1.29, 1.82) is 0 Å². The lowest BCUT2D eigenvalue weighted by Gasteiger charge is -2.27. The molecule has 0 spiro atoms. The molecule has 1 heterocycles. The van der Waals surface area contributed by atoms with Crippen LogP contribution < -0.4 is 0 Å². The molecule has 54 valence electrons. The number of hydrogen-bond acceptors (Lipinski definition) is 3. The van der Waals surface area contributed by atoms with Crippen LogP contribution >= 0.6 is 0 Å². The summed E-state index contributed by atoms with van der Waals surface area (Å²) in [5, 5.41) is 10.9. The van der Waals surface area contributed by atoms with Crippen molar-refractivity contribution in [2.24, 2.45) is 0 Å². The van der Waals surface area contributed by atoms with Gasteiger partial charge in [-0.15, -0.1) is 0 Å². The quantitative estimate of drug-likeness (QED) is 0.544. The minimum atomic E-state index is -0.182. The molecular weight excluding hydrogens is 118 g/mol. The van der Waals surface area contributed by atoms with Crippen LogP contribution in [0.2, 0.25) is 0 Å². The molecule has 0 aromatic carbocycles. The number of nitrogens with zero attached hydrogens (tertiary/aromatic N) is 1. The lowest BCUT2D eigenvalue weighted by atomic mass is 10.1. The van der Waals surface area contributed by atoms with Crippen molar-refractivity contribution in [2.45, 2.75) is 18.9 Å². The van der Waals surface area contributed by atoms with Gasteiger partial charge in [0.1, 0.15) is 0 Å². The summed E-state index contributed by atoms with van der Waals surface area (Å²) >= 11 is 0. The van der Waals surface area contributed by atoms with E-state index in [1.165, 1.54) is 0 Å². The molecule has 3 nitrogen and oxygen atoms in total. The van der Waals surface area contributed by atoms with Crippen molar-refractivity contribution in [1.82, 2.24) is 5.06 Å². The Bertz CT molecular complexity index is 87.1. The largest absolute Gasteiger partial charge is 0.392 e. The third-order valence-electron chi connectivity index (χ3n) is 1.62. The summed E-state index contributed by atoms with van der Waals surface area (Å²) in [6.07, 6.45) is 1.77. The van der Waals surface area contributed by atoms with Crippen LogP contribution in [-0.4, -0.2) is 36.5 Å². The molecule has 3 heteroatoms. The molecule has 1 saturated heterocycles. The van der Waals surface area contributed by atoms with Gasteiger partial charge in [0.25, 0.3) is 0 Å². The van der Waals surface area contributed by atoms with Gasteiger partial charge in [0, 0.05) is 6.54 Å². The van der Waals surface area contributed by atoms with E-state index in [1.54, 1.807) is 12.2 Å². The smallest absolute Gasteiger partial charge is 0.0691 e. The van der Waals surface area contributed by atoms with Gasteiger partial charge in [-0.05, 0) is 12.8 Å². The molecule has 1 N–H and O–H groups in total. The molecule has 0 aromatic rings. The van der Waals surface area contributed by atoms with Crippen LogP contribution in [0.25, 0.3) is 0 Å². The Morgan fingerprint density at radius 2 is 2.44 bits per heavy atom. The van der Waals surface area contributed by atoms with Gasteiger partial charge in [-0.1, -0.05) is 0 Å². The molecule has 0 aliphatic carbocycles. The Morgan fingerprint density at radius 1 is 1.67 bits per heavy atom. The molecule has 1 aliphatic heterocycles. The minimum Gasteiger partial charge on any atom is -0.392 e. The number of hydrogen-bond donors (Lipinski definition) is 1. The average molecular weight is 131 g/mol. The molecule has 1 rings (SSSR count). The molecule has 1 fully saturated rings. The van der Waals surface area contributed by atoms with Crippen LogP contribution in [0, 0.1) is 0 Å². The molecule has 9 heavy (non-hydrogen) atoms. The van der Waals surface area contributed by atoms with Crippen LogP contribution in [-0.2, 0) is 4.84 Å². The average Bonchev–Trinajstić information content (AvgIpc) is 1.88. The highest BCUT2D eigenvalue weighted by Gasteiger charge is 2.16. The van der Waals surface area contributed by atoms with Crippen LogP contribution in [0.5, 0.6) is 0 Å². The van der Waals surface area contributed by atoms with Crippen LogP contribution in [0.4, 0.5) is 0 Å². The fraction of sp³-hybridized carbons (Fsp3) is 1.00. The first-order chi connectivity index (χ1) is 4.33. The number of piperidine rings is 1. The topological polar surface area (TPSA) is 32.7 Å². The Hall–Kier alpha value is -0.120. The van der Waals surface area contributed by atoms with E-state index >= 15 is 0 Å². The monoisotopic (exact) mass is 131 g/mol. The lowest BCUT2D eigenvalue weighted by Crippen LogP contribution is -2.37. The fourth-order valence-electron chi connectivity index (χ4n) is 1.09. The molecule has 1 unspecified atom stereocenters. The Kier molecular flexibility index (Phi) is 2.45. The Morgan fingerprint density at radius 3 is 2.89 bits per heavy atom. The first-order valence-corrected chi connectivity index (χ1v) is 3.30. The van der Waals surface area contributed by atoms with E-state index in [2.05, 4.69) is 0 Å². The van der Waals surface area contributed by atoms with E-state index in [9.17, 15) is 0 Å². The second kappa shape index (κ2) is 3.15. The molecule has 0 bridgehead atoms. The maximum Gasteiger partial charge on any atom is 0.0691 e. The predicted molar refractivity (Wildman–Crippen MR) is 33.8 cm³/mol. The number of aliphatic hydroxyl groups is 1. The van der Waals surface area contributed by atoms with Crippen LogP contribution in [0.1, 0.15) is 12.8 Å². The summed E-state index contributed by atoms with van der Waals surface area (Å²) in [4.78, 5) is 4.93. The Balaban J connectivity index is 2.23. The zero-order chi connectivity index (χ0) is 6.69. The van der Waals surface area contributed by atoms with E-state index in [1.807, 2.05) is 0 Å². The normalized spacial score (nSPS) is 30.7. The van der Waals surface area contributed by atoms with Crippen LogP contribution in [0.3, 0.4) is 0 Å². The summed E-state index contributed by atoms with van der Waals surface area (Å²) in [5.74, 6) is 0. The highest BCUT2D eigenvalue weighted by molar-refractivity contribution is 4.65. The summed E-state index contributed by atoms with van der Waals surface area (Å²) in [7, 11) is 1.64. The maximum absolute atomic E-state index is 9.09. The van der Waals surface area contributed by atoms with Gasteiger partial charge in [0.2, 0.25) is 0 Å². The van der Waals surface area contributed by atoms with Gasteiger partial charge in [0.05, 0.1) is 19.8 Å². The molecule has 0 amide bonds. The van der Waals surface area contributed by atoms with Gasteiger partial charge in [0.15, 0.2) is 0 Å². The van der Waals surface area contributed by atoms with Gasteiger partial charge in [-0.3, -0.25) is 0 Å². The van der Waals surface area contributed by atoms with Gasteiger partial charge < -0.3 is 9.94 Å². The third-order valence-corrected chi connectivity index (χ3v) is 1.62. The Labute approximate surface area is 55.2 Å².